The van der Waals surface area contributed by atoms with Crippen molar-refractivity contribution in [2.75, 3.05) is 13.6 Å². The first-order valence-corrected chi connectivity index (χ1v) is 10.8. The fourth-order valence-electron chi connectivity index (χ4n) is 3.73. The maximum absolute atomic E-state index is 4.41. The van der Waals surface area contributed by atoms with Crippen molar-refractivity contribution >= 4 is 29.9 Å². The van der Waals surface area contributed by atoms with Gasteiger partial charge in [0.1, 0.15) is 6.33 Å². The average molecular weight is 552 g/mol. The van der Waals surface area contributed by atoms with Crippen LogP contribution in [0.5, 0.6) is 0 Å². The molecule has 170 valence electrons. The van der Waals surface area contributed by atoms with Gasteiger partial charge in [-0.2, -0.15) is 5.10 Å². The minimum Gasteiger partial charge on any atom is -0.356 e. The van der Waals surface area contributed by atoms with Crippen LogP contribution in [0.15, 0.2) is 96.2 Å². The van der Waals surface area contributed by atoms with E-state index >= 15 is 0 Å². The van der Waals surface area contributed by atoms with E-state index in [-0.39, 0.29) is 24.0 Å². The van der Waals surface area contributed by atoms with Crippen molar-refractivity contribution in [1.29, 1.82) is 0 Å². The molecule has 0 amide bonds. The Hall–Kier alpha value is -3.20. The highest BCUT2D eigenvalue weighted by Crippen LogP contribution is 2.20. The quantitative estimate of drug-likeness (QED) is 0.167. The topological polar surface area (TPSA) is 78.0 Å². The lowest BCUT2D eigenvalue weighted by Crippen LogP contribution is -2.39. The summed E-state index contributed by atoms with van der Waals surface area (Å²) in [7, 11) is 1.80. The number of nitrogens with zero attached hydrogens (tertiary/aromatic N) is 3. The molecule has 1 unspecified atom stereocenters. The average Bonchev–Trinajstić information content (AvgIpc) is 3.40. The molecule has 4 rings (SSSR count). The normalized spacial score (nSPS) is 12.0. The number of guanidine groups is 1. The second-order valence-electron chi connectivity index (χ2n) is 7.64. The maximum atomic E-state index is 4.41. The molecule has 0 saturated carbocycles. The van der Waals surface area contributed by atoms with Gasteiger partial charge >= 0.3 is 0 Å². The summed E-state index contributed by atoms with van der Waals surface area (Å²) in [6.07, 6.45) is 2.48. The molecule has 0 saturated heterocycles. The summed E-state index contributed by atoms with van der Waals surface area (Å²) in [5.74, 6) is 1.89. The van der Waals surface area contributed by atoms with Gasteiger partial charge in [-0.15, -0.1) is 24.0 Å². The van der Waals surface area contributed by atoms with Crippen LogP contribution in [0, 0.1) is 0 Å². The van der Waals surface area contributed by atoms with E-state index in [0.717, 1.165) is 35.9 Å². The molecular weight excluding hydrogens is 523 g/mol. The number of halogens is 1. The van der Waals surface area contributed by atoms with Crippen LogP contribution in [0.25, 0.3) is 11.4 Å². The summed E-state index contributed by atoms with van der Waals surface area (Å²) in [6, 6.07) is 29.5. The van der Waals surface area contributed by atoms with E-state index < -0.39 is 0 Å². The molecule has 6 nitrogen and oxygen atoms in total. The Balaban J connectivity index is 0.00000306. The van der Waals surface area contributed by atoms with Gasteiger partial charge in [0.2, 0.25) is 0 Å². The molecule has 1 aromatic heterocycles. The molecule has 1 atom stereocenters. The smallest absolute Gasteiger partial charge is 0.191 e. The molecule has 7 heteroatoms. The van der Waals surface area contributed by atoms with Crippen molar-refractivity contribution in [3.05, 3.63) is 108 Å². The number of rotatable bonds is 8. The zero-order valence-corrected chi connectivity index (χ0v) is 20.9. The number of H-pyrrole nitrogens is 1. The number of aromatic amines is 1. The van der Waals surface area contributed by atoms with E-state index in [9.17, 15) is 0 Å². The van der Waals surface area contributed by atoms with Crippen LogP contribution in [0.3, 0.4) is 0 Å². The maximum Gasteiger partial charge on any atom is 0.191 e. The predicted molar refractivity (Wildman–Crippen MR) is 145 cm³/mol. The number of aliphatic imine (C=N–C) groups is 1. The fraction of sp³-hybridized carbons (Fsp3) is 0.192. The van der Waals surface area contributed by atoms with Crippen LogP contribution in [0.4, 0.5) is 0 Å². The van der Waals surface area contributed by atoms with Crippen LogP contribution in [-0.4, -0.2) is 34.7 Å². The highest BCUT2D eigenvalue weighted by atomic mass is 127. The Labute approximate surface area is 212 Å². The van der Waals surface area contributed by atoms with E-state index in [2.05, 4.69) is 104 Å². The van der Waals surface area contributed by atoms with Crippen molar-refractivity contribution in [2.24, 2.45) is 4.99 Å². The van der Waals surface area contributed by atoms with Crippen LogP contribution >= 0.6 is 24.0 Å². The van der Waals surface area contributed by atoms with Crippen molar-refractivity contribution < 1.29 is 0 Å². The van der Waals surface area contributed by atoms with Gasteiger partial charge in [0, 0.05) is 31.6 Å². The summed E-state index contributed by atoms with van der Waals surface area (Å²) in [4.78, 5) is 8.64. The lowest BCUT2D eigenvalue weighted by Gasteiger charge is -2.20. The number of benzene rings is 3. The number of nitrogens with one attached hydrogen (secondary N) is 3. The monoisotopic (exact) mass is 552 g/mol. The Bertz CT molecular complexity index is 1110. The SMILES string of the molecule is CN=C(NCc1cccc(-c2ncn[nH]2)c1)NCC(Cc1ccccc1)c1ccccc1.I. The molecule has 0 aliphatic heterocycles. The second-order valence-corrected chi connectivity index (χ2v) is 7.64. The second kappa shape index (κ2) is 12.7. The lowest BCUT2D eigenvalue weighted by atomic mass is 9.92. The zero-order valence-electron chi connectivity index (χ0n) is 18.6. The summed E-state index contributed by atoms with van der Waals surface area (Å²) >= 11 is 0. The van der Waals surface area contributed by atoms with Crippen LogP contribution in [0.1, 0.15) is 22.6 Å². The van der Waals surface area contributed by atoms with Crippen LogP contribution < -0.4 is 10.6 Å². The van der Waals surface area contributed by atoms with Crippen LogP contribution in [0.2, 0.25) is 0 Å². The van der Waals surface area contributed by atoms with Crippen LogP contribution in [-0.2, 0) is 13.0 Å². The Kier molecular flexibility index (Phi) is 9.44. The lowest BCUT2D eigenvalue weighted by molar-refractivity contribution is 0.644. The molecule has 1 heterocycles. The molecule has 0 spiro atoms. The van der Waals surface area contributed by atoms with Crippen molar-refractivity contribution in [3.63, 3.8) is 0 Å². The summed E-state index contributed by atoms with van der Waals surface area (Å²) in [6.45, 7) is 1.45. The van der Waals surface area contributed by atoms with Gasteiger partial charge in [-0.25, -0.2) is 4.98 Å². The number of hydrogen-bond donors (Lipinski definition) is 3. The zero-order chi connectivity index (χ0) is 22.0. The highest BCUT2D eigenvalue weighted by Gasteiger charge is 2.13. The molecule has 0 radical (unpaired) electrons. The van der Waals surface area contributed by atoms with E-state index in [1.807, 2.05) is 12.1 Å². The Morgan fingerprint density at radius 2 is 1.64 bits per heavy atom. The molecule has 0 aliphatic carbocycles. The molecule has 0 bridgehead atoms. The predicted octanol–water partition coefficient (Wildman–Crippen LogP) is 4.78. The fourth-order valence-corrected chi connectivity index (χ4v) is 3.73. The van der Waals surface area contributed by atoms with Gasteiger partial charge in [0.25, 0.3) is 0 Å². The third kappa shape index (κ3) is 7.15. The molecule has 3 N–H and O–H groups in total. The van der Waals surface area contributed by atoms with Gasteiger partial charge in [0.15, 0.2) is 11.8 Å². The minimum absolute atomic E-state index is 0. The van der Waals surface area contributed by atoms with Gasteiger partial charge < -0.3 is 10.6 Å². The largest absolute Gasteiger partial charge is 0.356 e. The van der Waals surface area contributed by atoms with E-state index in [4.69, 9.17) is 0 Å². The van der Waals surface area contributed by atoms with Crippen molar-refractivity contribution in [1.82, 2.24) is 25.8 Å². The summed E-state index contributed by atoms with van der Waals surface area (Å²) < 4.78 is 0. The summed E-state index contributed by atoms with van der Waals surface area (Å²) in [5.41, 5.74) is 4.80. The summed E-state index contributed by atoms with van der Waals surface area (Å²) in [5, 5.41) is 13.8. The van der Waals surface area contributed by atoms with Crippen molar-refractivity contribution in [2.45, 2.75) is 18.9 Å². The molecule has 0 fully saturated rings. The van der Waals surface area contributed by atoms with Crippen molar-refractivity contribution in [3.8, 4) is 11.4 Å². The Morgan fingerprint density at radius 3 is 2.33 bits per heavy atom. The van der Waals surface area contributed by atoms with Gasteiger partial charge in [-0.05, 0) is 29.2 Å². The third-order valence-corrected chi connectivity index (χ3v) is 5.41. The molecule has 4 aromatic rings. The molecule has 33 heavy (non-hydrogen) atoms. The van der Waals surface area contributed by atoms with E-state index in [1.54, 1.807) is 7.05 Å². The number of hydrogen-bond acceptors (Lipinski definition) is 3. The third-order valence-electron chi connectivity index (χ3n) is 5.41. The highest BCUT2D eigenvalue weighted by molar-refractivity contribution is 14.0. The van der Waals surface area contributed by atoms with Gasteiger partial charge in [-0.1, -0.05) is 78.9 Å². The first kappa shape index (κ1) is 24.4. The minimum atomic E-state index is 0. The Morgan fingerprint density at radius 1 is 0.909 bits per heavy atom. The molecular formula is C26H29IN6. The standard InChI is InChI=1S/C26H28N6.HI/c1-27-26(28-17-21-11-8-14-23(16-21)25-30-19-31-32-25)29-18-24(22-12-6-3-7-13-22)15-20-9-4-2-5-10-20;/h2-14,16,19,24H,15,17-18H2,1H3,(H2,27,28,29)(H,30,31,32);1H. The molecule has 3 aromatic carbocycles. The first-order chi connectivity index (χ1) is 15.8. The number of aromatic nitrogens is 3. The van der Waals surface area contributed by atoms with E-state index in [1.165, 1.54) is 17.5 Å². The van der Waals surface area contributed by atoms with Gasteiger partial charge in [0.05, 0.1) is 0 Å². The van der Waals surface area contributed by atoms with Gasteiger partial charge in [-0.3, -0.25) is 10.1 Å². The first-order valence-electron chi connectivity index (χ1n) is 10.8. The van der Waals surface area contributed by atoms with E-state index in [0.29, 0.717) is 12.5 Å². The molecule has 0 aliphatic rings.